The van der Waals surface area contributed by atoms with E-state index in [0.717, 1.165) is 18.8 Å². The quantitative estimate of drug-likeness (QED) is 0.433. The highest BCUT2D eigenvalue weighted by Crippen LogP contribution is 2.66. The molecule has 2 heteroatoms. The van der Waals surface area contributed by atoms with Gasteiger partial charge in [0.2, 0.25) is 0 Å². The van der Waals surface area contributed by atoms with Crippen molar-refractivity contribution in [1.29, 1.82) is 0 Å². The topological polar surface area (TPSA) is 32.8 Å². The van der Waals surface area contributed by atoms with Crippen LogP contribution in [0.2, 0.25) is 0 Å². The molecule has 1 spiro atoms. The van der Waals surface area contributed by atoms with E-state index in [0.29, 0.717) is 17.4 Å². The maximum absolute atomic E-state index is 9.93. The number of aliphatic hydroxyl groups is 1. The van der Waals surface area contributed by atoms with Crippen LogP contribution in [0.1, 0.15) is 91.4 Å². The number of hydrogen-bond acceptors (Lipinski definition) is 2. The van der Waals surface area contributed by atoms with E-state index >= 15 is 0 Å². The number of hydrogen-bond donors (Lipinski definition) is 1. The SMILES string of the molecule is C=C1CCCC/C1=C/C1OC12CCC[C@@]1(C)C2CC[C@@H]1C/C=C/CC(C)(C)O. The zero-order chi connectivity index (χ0) is 20.0. The van der Waals surface area contributed by atoms with Crippen molar-refractivity contribution in [1.82, 2.24) is 0 Å². The van der Waals surface area contributed by atoms with E-state index in [1.165, 1.54) is 68.9 Å². The predicted octanol–water partition coefficient (Wildman–Crippen LogP) is 6.50. The minimum absolute atomic E-state index is 0.128. The summed E-state index contributed by atoms with van der Waals surface area (Å²) in [5.41, 5.74) is 2.79. The van der Waals surface area contributed by atoms with Crippen LogP contribution >= 0.6 is 0 Å². The van der Waals surface area contributed by atoms with Crippen molar-refractivity contribution in [3.63, 3.8) is 0 Å². The highest BCUT2D eigenvalue weighted by molar-refractivity contribution is 5.35. The highest BCUT2D eigenvalue weighted by atomic mass is 16.6. The van der Waals surface area contributed by atoms with E-state index in [1.807, 2.05) is 13.8 Å². The monoisotopic (exact) mass is 384 g/mol. The van der Waals surface area contributed by atoms with Gasteiger partial charge in [0.25, 0.3) is 0 Å². The number of epoxide rings is 1. The molecule has 3 unspecified atom stereocenters. The second-order valence-electron chi connectivity index (χ2n) is 10.9. The largest absolute Gasteiger partial charge is 0.390 e. The first kappa shape index (κ1) is 20.4. The molecular formula is C26H40O2. The van der Waals surface area contributed by atoms with E-state index in [9.17, 15) is 5.11 Å². The Balaban J connectivity index is 1.43. The van der Waals surface area contributed by atoms with E-state index in [-0.39, 0.29) is 5.60 Å². The van der Waals surface area contributed by atoms with Gasteiger partial charge in [-0.05, 0) is 113 Å². The lowest BCUT2D eigenvalue weighted by Gasteiger charge is -2.44. The van der Waals surface area contributed by atoms with Crippen molar-refractivity contribution in [3.05, 3.63) is 36.0 Å². The van der Waals surface area contributed by atoms with Gasteiger partial charge in [0.1, 0.15) is 11.7 Å². The van der Waals surface area contributed by atoms with Crippen LogP contribution in [0.25, 0.3) is 0 Å². The molecule has 0 aromatic carbocycles. The van der Waals surface area contributed by atoms with E-state index in [4.69, 9.17) is 4.74 Å². The van der Waals surface area contributed by atoms with Gasteiger partial charge in [-0.1, -0.05) is 31.2 Å². The molecule has 0 bridgehead atoms. The van der Waals surface area contributed by atoms with Crippen LogP contribution in [-0.2, 0) is 4.74 Å². The molecule has 0 aromatic rings. The first-order chi connectivity index (χ1) is 13.2. The van der Waals surface area contributed by atoms with Crippen LogP contribution in [0.3, 0.4) is 0 Å². The molecule has 5 atom stereocenters. The Bertz CT molecular complexity index is 666. The summed E-state index contributed by atoms with van der Waals surface area (Å²) in [6.45, 7) is 10.6. The minimum Gasteiger partial charge on any atom is -0.390 e. The van der Waals surface area contributed by atoms with Crippen molar-refractivity contribution >= 4 is 0 Å². The molecule has 4 fully saturated rings. The van der Waals surface area contributed by atoms with Gasteiger partial charge in [0.15, 0.2) is 0 Å². The van der Waals surface area contributed by atoms with Crippen molar-refractivity contribution in [2.45, 2.75) is 109 Å². The van der Waals surface area contributed by atoms with Gasteiger partial charge in [-0.3, -0.25) is 0 Å². The molecule has 0 aromatic heterocycles. The third-order valence-corrected chi connectivity index (χ3v) is 8.36. The normalized spacial score (nSPS) is 42.5. The Morgan fingerprint density at radius 1 is 1.14 bits per heavy atom. The molecule has 3 saturated carbocycles. The molecule has 4 aliphatic rings. The fourth-order valence-electron chi connectivity index (χ4n) is 6.67. The van der Waals surface area contributed by atoms with Crippen LogP contribution < -0.4 is 0 Å². The van der Waals surface area contributed by atoms with E-state index < -0.39 is 5.60 Å². The average Bonchev–Trinajstić information content (AvgIpc) is 3.16. The number of ether oxygens (including phenoxy) is 1. The molecule has 1 aliphatic heterocycles. The van der Waals surface area contributed by atoms with Crippen molar-refractivity contribution in [2.75, 3.05) is 0 Å². The van der Waals surface area contributed by atoms with Crippen LogP contribution in [0.4, 0.5) is 0 Å². The Kier molecular flexibility index (Phi) is 5.42. The molecule has 1 heterocycles. The van der Waals surface area contributed by atoms with Crippen molar-refractivity contribution < 1.29 is 9.84 Å². The van der Waals surface area contributed by atoms with Crippen LogP contribution in [0.5, 0.6) is 0 Å². The molecule has 28 heavy (non-hydrogen) atoms. The molecule has 4 rings (SSSR count). The molecule has 3 aliphatic carbocycles. The van der Waals surface area contributed by atoms with Crippen LogP contribution in [-0.4, -0.2) is 22.4 Å². The molecule has 2 nitrogen and oxygen atoms in total. The summed E-state index contributed by atoms with van der Waals surface area (Å²) in [4.78, 5) is 0. The average molecular weight is 385 g/mol. The summed E-state index contributed by atoms with van der Waals surface area (Å²) >= 11 is 0. The first-order valence-corrected chi connectivity index (χ1v) is 11.7. The smallest absolute Gasteiger partial charge is 0.106 e. The van der Waals surface area contributed by atoms with Crippen LogP contribution in [0, 0.1) is 17.3 Å². The molecule has 1 N–H and O–H groups in total. The zero-order valence-electron chi connectivity index (χ0n) is 18.3. The highest BCUT2D eigenvalue weighted by Gasteiger charge is 2.68. The first-order valence-electron chi connectivity index (χ1n) is 11.7. The standard InChI is InChI=1S/C26H40O2/c1-19-10-5-6-11-20(19)18-23-26(28-23)17-9-16-25(4)21(13-14-22(25)26)12-7-8-15-24(2,3)27/h7-8,18,21-23,27H,1,5-6,9-17H2,2-4H3/b8-7+,20-18-/t21-,22?,23?,25+,26?/m0/s1. The Labute approximate surface area is 172 Å². The Hall–Kier alpha value is -0.860. The van der Waals surface area contributed by atoms with Gasteiger partial charge in [-0.25, -0.2) is 0 Å². The minimum atomic E-state index is -0.598. The van der Waals surface area contributed by atoms with Gasteiger partial charge in [-0.15, -0.1) is 0 Å². The van der Waals surface area contributed by atoms with Crippen LogP contribution in [0.15, 0.2) is 36.0 Å². The van der Waals surface area contributed by atoms with Gasteiger partial charge in [0.05, 0.1) is 5.60 Å². The summed E-state index contributed by atoms with van der Waals surface area (Å²) in [7, 11) is 0. The fraction of sp³-hybridized carbons (Fsp3) is 0.769. The van der Waals surface area contributed by atoms with Crippen molar-refractivity contribution in [2.24, 2.45) is 17.3 Å². The summed E-state index contributed by atoms with van der Waals surface area (Å²) in [5.74, 6) is 1.47. The third-order valence-electron chi connectivity index (χ3n) is 8.36. The van der Waals surface area contributed by atoms with Gasteiger partial charge >= 0.3 is 0 Å². The maximum Gasteiger partial charge on any atom is 0.106 e. The molecule has 0 amide bonds. The summed E-state index contributed by atoms with van der Waals surface area (Å²) < 4.78 is 6.53. The maximum atomic E-state index is 9.93. The second kappa shape index (κ2) is 7.43. The molecule has 1 saturated heterocycles. The van der Waals surface area contributed by atoms with E-state index in [2.05, 4.69) is 31.7 Å². The lowest BCUT2D eigenvalue weighted by Crippen LogP contribution is -2.43. The van der Waals surface area contributed by atoms with E-state index in [1.54, 1.807) is 0 Å². The summed E-state index contributed by atoms with van der Waals surface area (Å²) in [6.07, 6.45) is 20.7. The van der Waals surface area contributed by atoms with Crippen molar-refractivity contribution in [3.8, 4) is 0 Å². The lowest BCUT2D eigenvalue weighted by atomic mass is 9.59. The summed E-state index contributed by atoms with van der Waals surface area (Å²) in [6, 6.07) is 0. The lowest BCUT2D eigenvalue weighted by molar-refractivity contribution is 0.0281. The second-order valence-corrected chi connectivity index (χ2v) is 10.9. The zero-order valence-corrected chi connectivity index (χ0v) is 18.3. The molecule has 0 radical (unpaired) electrons. The fourth-order valence-corrected chi connectivity index (χ4v) is 6.67. The molecular weight excluding hydrogens is 344 g/mol. The summed E-state index contributed by atoms with van der Waals surface area (Å²) in [5, 5.41) is 9.93. The van der Waals surface area contributed by atoms with Gasteiger partial charge in [-0.2, -0.15) is 0 Å². The number of fused-ring (bicyclic) bond motifs is 2. The number of rotatable bonds is 5. The molecule has 156 valence electrons. The third kappa shape index (κ3) is 3.79. The Morgan fingerprint density at radius 2 is 1.93 bits per heavy atom. The van der Waals surface area contributed by atoms with Gasteiger partial charge in [0, 0.05) is 0 Å². The predicted molar refractivity (Wildman–Crippen MR) is 116 cm³/mol. The Morgan fingerprint density at radius 3 is 2.68 bits per heavy atom. The number of allylic oxidation sites excluding steroid dienone is 3. The van der Waals surface area contributed by atoms with Gasteiger partial charge < -0.3 is 9.84 Å².